The second kappa shape index (κ2) is 5.34. The van der Waals surface area contributed by atoms with Crippen LogP contribution in [-0.4, -0.2) is 23.7 Å². The third kappa shape index (κ3) is 3.19. The summed E-state index contributed by atoms with van der Waals surface area (Å²) < 4.78 is 50.8. The van der Waals surface area contributed by atoms with E-state index in [0.717, 1.165) is 12.1 Å². The normalized spacial score (nSPS) is 13.2. The maximum Gasteiger partial charge on any atom is 0.419 e. The predicted molar refractivity (Wildman–Crippen MR) is 55.4 cm³/mol. The van der Waals surface area contributed by atoms with Crippen LogP contribution in [0.1, 0.15) is 22.8 Å². The number of rotatable bonds is 3. The van der Waals surface area contributed by atoms with Gasteiger partial charge in [0.05, 0.1) is 17.7 Å². The number of alkyl halides is 3. The highest BCUT2D eigenvalue weighted by Gasteiger charge is 2.35. The van der Waals surface area contributed by atoms with Gasteiger partial charge in [0.2, 0.25) is 0 Å². The smallest absolute Gasteiger partial charge is 0.394 e. The van der Waals surface area contributed by atoms with Crippen molar-refractivity contribution in [3.63, 3.8) is 0 Å². The number of hydrogen-bond acceptors (Lipinski definition) is 2. The van der Waals surface area contributed by atoms with Crippen molar-refractivity contribution in [3.05, 3.63) is 35.1 Å². The molecule has 7 heteroatoms. The number of aliphatic hydroxyl groups excluding tert-OH is 1. The number of halogens is 4. The van der Waals surface area contributed by atoms with Crippen LogP contribution in [0.25, 0.3) is 0 Å². The minimum absolute atomic E-state index is 0.397. The number of amides is 1. The number of carbonyl (C=O) groups is 1. The van der Waals surface area contributed by atoms with Gasteiger partial charge in [-0.05, 0) is 19.1 Å². The van der Waals surface area contributed by atoms with Crippen LogP contribution >= 0.6 is 0 Å². The zero-order valence-electron chi connectivity index (χ0n) is 9.38. The largest absolute Gasteiger partial charge is 0.419 e. The standard InChI is InChI=1S/C11H11F4NO2/c1-6(5-17)16-10(18)7-3-2-4-8(9(7)12)11(13,14)15/h2-4,6,17H,5H2,1H3,(H,16,18). The molecule has 0 bridgehead atoms. The highest BCUT2D eigenvalue weighted by atomic mass is 19.4. The predicted octanol–water partition coefficient (Wildman–Crippen LogP) is 1.96. The Labute approximate surface area is 100 Å². The quantitative estimate of drug-likeness (QED) is 0.821. The summed E-state index contributed by atoms with van der Waals surface area (Å²) in [7, 11) is 0. The molecule has 0 aromatic heterocycles. The third-order valence-electron chi connectivity index (χ3n) is 2.20. The van der Waals surface area contributed by atoms with E-state index < -0.39 is 41.7 Å². The van der Waals surface area contributed by atoms with Crippen molar-refractivity contribution >= 4 is 5.91 Å². The Morgan fingerprint density at radius 2 is 2.06 bits per heavy atom. The van der Waals surface area contributed by atoms with Crippen molar-refractivity contribution in [2.75, 3.05) is 6.61 Å². The van der Waals surface area contributed by atoms with Gasteiger partial charge in [-0.3, -0.25) is 4.79 Å². The molecule has 1 atom stereocenters. The summed E-state index contributed by atoms with van der Waals surface area (Å²) in [6.45, 7) is 1.04. The van der Waals surface area contributed by atoms with Crippen molar-refractivity contribution in [2.45, 2.75) is 19.1 Å². The Hall–Kier alpha value is -1.63. The maximum atomic E-state index is 13.5. The van der Waals surface area contributed by atoms with Crippen LogP contribution in [0.3, 0.4) is 0 Å². The molecular weight excluding hydrogens is 254 g/mol. The van der Waals surface area contributed by atoms with E-state index in [0.29, 0.717) is 6.07 Å². The van der Waals surface area contributed by atoms with Gasteiger partial charge in [-0.2, -0.15) is 13.2 Å². The summed E-state index contributed by atoms with van der Waals surface area (Å²) in [4.78, 5) is 11.5. The fourth-order valence-electron chi connectivity index (χ4n) is 1.27. The van der Waals surface area contributed by atoms with Gasteiger partial charge in [0.1, 0.15) is 5.82 Å². The summed E-state index contributed by atoms with van der Waals surface area (Å²) in [5, 5.41) is 10.9. The Bertz CT molecular complexity index is 445. The van der Waals surface area contributed by atoms with Crippen LogP contribution in [0.4, 0.5) is 17.6 Å². The van der Waals surface area contributed by atoms with Gasteiger partial charge in [-0.1, -0.05) is 6.07 Å². The molecule has 0 saturated carbocycles. The minimum atomic E-state index is -4.86. The lowest BCUT2D eigenvalue weighted by Crippen LogP contribution is -2.35. The lowest BCUT2D eigenvalue weighted by atomic mass is 10.1. The fraction of sp³-hybridized carbons (Fsp3) is 0.364. The first-order chi connectivity index (χ1) is 8.27. The number of carbonyl (C=O) groups excluding carboxylic acids is 1. The zero-order valence-corrected chi connectivity index (χ0v) is 9.38. The van der Waals surface area contributed by atoms with Crippen molar-refractivity contribution < 1.29 is 27.5 Å². The summed E-state index contributed by atoms with van der Waals surface area (Å²) in [5.74, 6) is -2.62. The molecule has 3 nitrogen and oxygen atoms in total. The van der Waals surface area contributed by atoms with E-state index >= 15 is 0 Å². The van der Waals surface area contributed by atoms with E-state index in [-0.39, 0.29) is 0 Å². The van der Waals surface area contributed by atoms with Crippen molar-refractivity contribution in [3.8, 4) is 0 Å². The van der Waals surface area contributed by atoms with Gasteiger partial charge in [-0.15, -0.1) is 0 Å². The SMILES string of the molecule is CC(CO)NC(=O)c1cccc(C(F)(F)F)c1F. The summed E-state index contributed by atoms with van der Waals surface area (Å²) in [5.41, 5.74) is -2.20. The Morgan fingerprint density at radius 3 is 2.56 bits per heavy atom. The highest BCUT2D eigenvalue weighted by Crippen LogP contribution is 2.32. The number of hydrogen-bond donors (Lipinski definition) is 2. The fourth-order valence-corrected chi connectivity index (χ4v) is 1.27. The van der Waals surface area contributed by atoms with Crippen molar-refractivity contribution in [1.29, 1.82) is 0 Å². The second-order valence-electron chi connectivity index (χ2n) is 3.72. The van der Waals surface area contributed by atoms with E-state index in [4.69, 9.17) is 5.11 Å². The maximum absolute atomic E-state index is 13.5. The molecule has 1 unspecified atom stereocenters. The third-order valence-corrected chi connectivity index (χ3v) is 2.20. The lowest BCUT2D eigenvalue weighted by molar-refractivity contribution is -0.140. The molecular formula is C11H11F4NO2. The van der Waals surface area contributed by atoms with Crippen LogP contribution in [0.2, 0.25) is 0 Å². The molecule has 0 aliphatic heterocycles. The molecule has 18 heavy (non-hydrogen) atoms. The number of nitrogens with one attached hydrogen (secondary N) is 1. The lowest BCUT2D eigenvalue weighted by Gasteiger charge is -2.13. The van der Waals surface area contributed by atoms with E-state index in [1.54, 1.807) is 0 Å². The van der Waals surface area contributed by atoms with Gasteiger partial charge in [0.15, 0.2) is 0 Å². The topological polar surface area (TPSA) is 49.3 Å². The Balaban J connectivity index is 3.08. The van der Waals surface area contributed by atoms with E-state index in [9.17, 15) is 22.4 Å². The zero-order chi connectivity index (χ0) is 13.9. The molecule has 0 radical (unpaired) electrons. The average molecular weight is 265 g/mol. The van der Waals surface area contributed by atoms with Gasteiger partial charge in [0, 0.05) is 6.04 Å². The van der Waals surface area contributed by atoms with Gasteiger partial charge >= 0.3 is 6.18 Å². The molecule has 0 spiro atoms. The summed E-state index contributed by atoms with van der Waals surface area (Å²) >= 11 is 0. The minimum Gasteiger partial charge on any atom is -0.394 e. The van der Waals surface area contributed by atoms with Gasteiger partial charge < -0.3 is 10.4 Å². The Morgan fingerprint density at radius 1 is 1.44 bits per heavy atom. The van der Waals surface area contributed by atoms with Gasteiger partial charge in [-0.25, -0.2) is 4.39 Å². The van der Waals surface area contributed by atoms with Crippen LogP contribution in [0.15, 0.2) is 18.2 Å². The molecule has 0 aliphatic carbocycles. The number of benzene rings is 1. The first-order valence-corrected chi connectivity index (χ1v) is 5.04. The van der Waals surface area contributed by atoms with Crippen LogP contribution in [0, 0.1) is 5.82 Å². The van der Waals surface area contributed by atoms with Crippen molar-refractivity contribution in [1.82, 2.24) is 5.32 Å². The Kier molecular flexibility index (Phi) is 4.28. The molecule has 2 N–H and O–H groups in total. The molecule has 100 valence electrons. The molecule has 0 aliphatic rings. The molecule has 1 aromatic rings. The van der Waals surface area contributed by atoms with Crippen molar-refractivity contribution in [2.24, 2.45) is 0 Å². The van der Waals surface area contributed by atoms with E-state index in [1.807, 2.05) is 0 Å². The first kappa shape index (κ1) is 14.4. The molecule has 1 rings (SSSR count). The second-order valence-corrected chi connectivity index (χ2v) is 3.72. The molecule has 1 amide bonds. The molecule has 0 heterocycles. The summed E-state index contributed by atoms with van der Waals surface area (Å²) in [6.07, 6.45) is -4.86. The van der Waals surface area contributed by atoms with Crippen LogP contribution < -0.4 is 5.32 Å². The summed E-state index contributed by atoms with van der Waals surface area (Å²) in [6, 6.07) is 1.78. The first-order valence-electron chi connectivity index (χ1n) is 5.04. The van der Waals surface area contributed by atoms with E-state index in [1.165, 1.54) is 6.92 Å². The van der Waals surface area contributed by atoms with Crippen LogP contribution in [0.5, 0.6) is 0 Å². The van der Waals surface area contributed by atoms with E-state index in [2.05, 4.69) is 5.32 Å². The average Bonchev–Trinajstić information content (AvgIpc) is 2.27. The van der Waals surface area contributed by atoms with Crippen LogP contribution in [-0.2, 0) is 6.18 Å². The molecule has 1 aromatic carbocycles. The van der Waals surface area contributed by atoms with Gasteiger partial charge in [0.25, 0.3) is 5.91 Å². The highest BCUT2D eigenvalue weighted by molar-refractivity contribution is 5.94. The monoisotopic (exact) mass is 265 g/mol. The molecule has 0 fully saturated rings. The molecule has 0 saturated heterocycles. The number of aliphatic hydroxyl groups is 1.